The second-order valence-corrected chi connectivity index (χ2v) is 5.56. The number of rotatable bonds is 4. The number of amides is 2. The molecule has 0 saturated carbocycles. The number of benzene rings is 1. The molecular weight excluding hydrogens is 288 g/mol. The van der Waals surface area contributed by atoms with Crippen molar-refractivity contribution >= 4 is 29.5 Å². The van der Waals surface area contributed by atoms with Crippen LogP contribution < -0.4 is 5.32 Å². The third-order valence-corrected chi connectivity index (χ3v) is 4.10. The normalized spacial score (nSPS) is 21.5. The molecule has 0 aromatic heterocycles. The maximum Gasteiger partial charge on any atom is 0.341 e. The van der Waals surface area contributed by atoms with E-state index < -0.39 is 18.0 Å². The van der Waals surface area contributed by atoms with E-state index in [2.05, 4.69) is 10.3 Å². The molecule has 1 N–H and O–H groups in total. The molecule has 112 valence electrons. The molecule has 0 aliphatic carbocycles. The van der Waals surface area contributed by atoms with Crippen LogP contribution in [0.4, 0.5) is 4.79 Å². The topological polar surface area (TPSA) is 67.8 Å². The fourth-order valence-electron chi connectivity index (χ4n) is 2.35. The molecule has 21 heavy (non-hydrogen) atoms. The van der Waals surface area contributed by atoms with Crippen molar-refractivity contribution in [3.8, 4) is 0 Å². The zero-order valence-corrected chi connectivity index (χ0v) is 13.1. The van der Waals surface area contributed by atoms with Gasteiger partial charge in [-0.05, 0) is 37.8 Å². The van der Waals surface area contributed by atoms with Gasteiger partial charge in [-0.25, -0.2) is 9.79 Å². The van der Waals surface area contributed by atoms with Crippen molar-refractivity contribution in [2.45, 2.75) is 24.8 Å². The molecule has 1 heterocycles. The number of hydrogen-bond acceptors (Lipinski definition) is 4. The van der Waals surface area contributed by atoms with Gasteiger partial charge in [0.25, 0.3) is 0 Å². The summed E-state index contributed by atoms with van der Waals surface area (Å²) in [5.41, 5.74) is 1.35. The van der Waals surface area contributed by atoms with Crippen LogP contribution >= 0.6 is 11.8 Å². The predicted octanol–water partition coefficient (Wildman–Crippen LogP) is 2.81. The van der Waals surface area contributed by atoms with Gasteiger partial charge in [-0.3, -0.25) is 4.79 Å². The third-order valence-electron chi connectivity index (χ3n) is 3.36. The van der Waals surface area contributed by atoms with E-state index in [1.807, 2.05) is 30.5 Å². The fraction of sp³-hybridized carbons (Fsp3) is 0.400. The lowest BCUT2D eigenvalue weighted by Crippen LogP contribution is -2.44. The van der Waals surface area contributed by atoms with Gasteiger partial charge in [-0.1, -0.05) is 12.1 Å². The van der Waals surface area contributed by atoms with Crippen LogP contribution in [0.2, 0.25) is 0 Å². The van der Waals surface area contributed by atoms with Gasteiger partial charge in [-0.2, -0.15) is 0 Å². The molecule has 2 unspecified atom stereocenters. The SMILES string of the molecule is CCOC(=O)C1C(C)=NC(=O)NC1c1ccc(SC)cc1. The van der Waals surface area contributed by atoms with Gasteiger partial charge in [0, 0.05) is 10.6 Å². The number of urea groups is 1. The van der Waals surface area contributed by atoms with Crippen molar-refractivity contribution in [2.24, 2.45) is 10.9 Å². The van der Waals surface area contributed by atoms with Crippen molar-refractivity contribution in [1.82, 2.24) is 5.32 Å². The predicted molar refractivity (Wildman–Crippen MR) is 82.7 cm³/mol. The second-order valence-electron chi connectivity index (χ2n) is 4.68. The van der Waals surface area contributed by atoms with Gasteiger partial charge in [0.05, 0.1) is 12.6 Å². The van der Waals surface area contributed by atoms with Crippen LogP contribution in [0.3, 0.4) is 0 Å². The third kappa shape index (κ3) is 3.44. The summed E-state index contributed by atoms with van der Waals surface area (Å²) in [4.78, 5) is 28.8. The molecule has 2 atom stereocenters. The molecule has 2 rings (SSSR count). The number of thioether (sulfide) groups is 1. The lowest BCUT2D eigenvalue weighted by molar-refractivity contribution is -0.146. The Hall–Kier alpha value is -1.82. The maximum atomic E-state index is 12.2. The largest absolute Gasteiger partial charge is 0.465 e. The lowest BCUT2D eigenvalue weighted by Gasteiger charge is -2.29. The maximum absolute atomic E-state index is 12.2. The summed E-state index contributed by atoms with van der Waals surface area (Å²) in [5, 5.41) is 2.76. The van der Waals surface area contributed by atoms with E-state index in [0.717, 1.165) is 10.5 Å². The Balaban J connectivity index is 2.34. The van der Waals surface area contributed by atoms with E-state index >= 15 is 0 Å². The van der Waals surface area contributed by atoms with Crippen molar-refractivity contribution in [3.05, 3.63) is 29.8 Å². The average molecular weight is 306 g/mol. The molecule has 1 aromatic carbocycles. The Labute approximate surface area is 128 Å². The van der Waals surface area contributed by atoms with Gasteiger partial charge in [0.2, 0.25) is 0 Å². The minimum atomic E-state index is -0.581. The summed E-state index contributed by atoms with van der Waals surface area (Å²) in [6, 6.07) is 6.91. The van der Waals surface area contributed by atoms with Crippen LogP contribution in [-0.4, -0.2) is 30.6 Å². The van der Waals surface area contributed by atoms with Crippen LogP contribution in [0.1, 0.15) is 25.5 Å². The van der Waals surface area contributed by atoms with E-state index in [1.54, 1.807) is 25.6 Å². The Kier molecular flexibility index (Phi) is 5.01. The highest BCUT2D eigenvalue weighted by Crippen LogP contribution is 2.29. The molecule has 0 radical (unpaired) electrons. The van der Waals surface area contributed by atoms with Crippen LogP contribution in [0.25, 0.3) is 0 Å². The molecule has 0 bridgehead atoms. The number of aliphatic imine (C=N–C) groups is 1. The first-order valence-corrected chi connectivity index (χ1v) is 7.95. The Morgan fingerprint density at radius 3 is 2.62 bits per heavy atom. The summed E-state index contributed by atoms with van der Waals surface area (Å²) >= 11 is 1.64. The number of carbonyl (C=O) groups is 2. The molecular formula is C15H18N2O3S. The minimum absolute atomic E-state index is 0.300. The summed E-state index contributed by atoms with van der Waals surface area (Å²) in [7, 11) is 0. The highest BCUT2D eigenvalue weighted by atomic mass is 32.2. The van der Waals surface area contributed by atoms with Gasteiger partial charge in [-0.15, -0.1) is 11.8 Å². The van der Waals surface area contributed by atoms with Gasteiger partial charge < -0.3 is 10.1 Å². The van der Waals surface area contributed by atoms with Crippen molar-refractivity contribution in [1.29, 1.82) is 0 Å². The van der Waals surface area contributed by atoms with E-state index in [0.29, 0.717) is 12.3 Å². The fourth-order valence-corrected chi connectivity index (χ4v) is 2.75. The van der Waals surface area contributed by atoms with Gasteiger partial charge >= 0.3 is 12.0 Å². The lowest BCUT2D eigenvalue weighted by atomic mass is 9.88. The average Bonchev–Trinajstić information content (AvgIpc) is 2.46. The monoisotopic (exact) mass is 306 g/mol. The minimum Gasteiger partial charge on any atom is -0.465 e. The number of ether oxygens (including phenoxy) is 1. The molecule has 1 aliphatic rings. The second kappa shape index (κ2) is 6.76. The van der Waals surface area contributed by atoms with Gasteiger partial charge in [0.1, 0.15) is 5.92 Å². The molecule has 6 heteroatoms. The highest BCUT2D eigenvalue weighted by molar-refractivity contribution is 7.98. The standard InChI is InChI=1S/C15H18N2O3S/c1-4-20-14(18)12-9(2)16-15(19)17-13(12)10-5-7-11(21-3)8-6-10/h5-8,12-13H,4H2,1-3H3,(H,17,19). The Morgan fingerprint density at radius 1 is 1.38 bits per heavy atom. The van der Waals surface area contributed by atoms with Crippen LogP contribution in [0, 0.1) is 5.92 Å². The molecule has 1 aliphatic heterocycles. The summed E-state index contributed by atoms with van der Waals surface area (Å²) < 4.78 is 5.11. The number of nitrogens with one attached hydrogen (secondary N) is 1. The Morgan fingerprint density at radius 2 is 2.05 bits per heavy atom. The number of carbonyl (C=O) groups excluding carboxylic acids is 2. The zero-order chi connectivity index (χ0) is 15.4. The van der Waals surface area contributed by atoms with E-state index in [9.17, 15) is 9.59 Å². The number of hydrogen-bond donors (Lipinski definition) is 1. The van der Waals surface area contributed by atoms with E-state index in [1.165, 1.54) is 0 Å². The number of esters is 1. The smallest absolute Gasteiger partial charge is 0.341 e. The first kappa shape index (κ1) is 15.6. The quantitative estimate of drug-likeness (QED) is 0.686. The van der Waals surface area contributed by atoms with Gasteiger partial charge in [0.15, 0.2) is 0 Å². The van der Waals surface area contributed by atoms with E-state index in [-0.39, 0.29) is 5.97 Å². The zero-order valence-electron chi connectivity index (χ0n) is 12.3. The molecule has 0 saturated heterocycles. The number of nitrogens with zero attached hydrogens (tertiary/aromatic N) is 1. The highest BCUT2D eigenvalue weighted by Gasteiger charge is 2.37. The first-order chi connectivity index (χ1) is 10.1. The van der Waals surface area contributed by atoms with Crippen molar-refractivity contribution in [3.63, 3.8) is 0 Å². The van der Waals surface area contributed by atoms with Crippen molar-refractivity contribution in [2.75, 3.05) is 12.9 Å². The summed E-state index contributed by atoms with van der Waals surface area (Å²) in [6.45, 7) is 3.74. The van der Waals surface area contributed by atoms with Crippen LogP contribution in [-0.2, 0) is 9.53 Å². The summed E-state index contributed by atoms with van der Waals surface area (Å²) in [5.74, 6) is -0.944. The molecule has 5 nitrogen and oxygen atoms in total. The van der Waals surface area contributed by atoms with E-state index in [4.69, 9.17) is 4.74 Å². The summed E-state index contributed by atoms with van der Waals surface area (Å²) in [6.07, 6.45) is 2.00. The Bertz CT molecular complexity index is 569. The first-order valence-electron chi connectivity index (χ1n) is 6.73. The molecule has 0 spiro atoms. The molecule has 2 amide bonds. The van der Waals surface area contributed by atoms with Crippen LogP contribution in [0.5, 0.6) is 0 Å². The van der Waals surface area contributed by atoms with Crippen LogP contribution in [0.15, 0.2) is 34.2 Å². The van der Waals surface area contributed by atoms with Crippen molar-refractivity contribution < 1.29 is 14.3 Å². The molecule has 0 fully saturated rings. The molecule has 1 aromatic rings.